The van der Waals surface area contributed by atoms with Crippen LogP contribution in [-0.2, 0) is 0 Å². The van der Waals surface area contributed by atoms with E-state index in [-0.39, 0.29) is 11.6 Å². The minimum absolute atomic E-state index is 0.102. The Morgan fingerprint density at radius 3 is 2.88 bits per heavy atom. The first-order valence-corrected chi connectivity index (χ1v) is 5.73. The molecular weight excluding hydrogens is 224 g/mol. The molecule has 0 amide bonds. The largest absolute Gasteiger partial charge is 0.340 e. The molecule has 1 aromatic heterocycles. The van der Waals surface area contributed by atoms with E-state index in [0.717, 1.165) is 19.0 Å². The standard InChI is InChI=1S/C12H13F2N3/c1-6-2-3-15-10(6)12-16-9-5-7(13)4-8(14)11(9)17-12/h4-6,10,15H,2-3H2,1H3,(H,16,17). The van der Waals surface area contributed by atoms with Gasteiger partial charge in [-0.3, -0.25) is 0 Å². The number of rotatable bonds is 1. The van der Waals surface area contributed by atoms with Gasteiger partial charge in [0.05, 0.1) is 11.6 Å². The number of nitrogens with one attached hydrogen (secondary N) is 2. The van der Waals surface area contributed by atoms with E-state index in [1.807, 2.05) is 0 Å². The van der Waals surface area contributed by atoms with Crippen molar-refractivity contribution in [3.05, 3.63) is 29.6 Å². The summed E-state index contributed by atoms with van der Waals surface area (Å²) >= 11 is 0. The molecule has 5 heteroatoms. The van der Waals surface area contributed by atoms with Crippen LogP contribution in [0.1, 0.15) is 25.2 Å². The summed E-state index contributed by atoms with van der Waals surface area (Å²) in [5.74, 6) is -0.0660. The van der Waals surface area contributed by atoms with Crippen LogP contribution in [0.3, 0.4) is 0 Å². The summed E-state index contributed by atoms with van der Waals surface area (Å²) in [4.78, 5) is 7.22. The van der Waals surface area contributed by atoms with Crippen molar-refractivity contribution in [1.82, 2.24) is 15.3 Å². The fraction of sp³-hybridized carbons (Fsp3) is 0.417. The Balaban J connectivity index is 2.10. The molecule has 0 radical (unpaired) electrons. The van der Waals surface area contributed by atoms with Crippen LogP contribution in [-0.4, -0.2) is 16.5 Å². The van der Waals surface area contributed by atoms with Gasteiger partial charge in [0.2, 0.25) is 0 Å². The van der Waals surface area contributed by atoms with Crippen LogP contribution in [0.15, 0.2) is 12.1 Å². The number of H-pyrrole nitrogens is 1. The fourth-order valence-electron chi connectivity index (χ4n) is 2.41. The number of aromatic nitrogens is 2. The van der Waals surface area contributed by atoms with Gasteiger partial charge in [0, 0.05) is 6.07 Å². The highest BCUT2D eigenvalue weighted by atomic mass is 19.1. The van der Waals surface area contributed by atoms with Crippen molar-refractivity contribution in [2.24, 2.45) is 5.92 Å². The van der Waals surface area contributed by atoms with Crippen molar-refractivity contribution >= 4 is 11.0 Å². The van der Waals surface area contributed by atoms with Crippen molar-refractivity contribution in [3.63, 3.8) is 0 Å². The Labute approximate surface area is 97.2 Å². The number of imidazole rings is 1. The average Bonchev–Trinajstić information content (AvgIpc) is 2.83. The van der Waals surface area contributed by atoms with E-state index in [2.05, 4.69) is 22.2 Å². The summed E-state index contributed by atoms with van der Waals surface area (Å²) in [7, 11) is 0. The lowest BCUT2D eigenvalue weighted by atomic mass is 10.0. The molecule has 2 atom stereocenters. The lowest BCUT2D eigenvalue weighted by molar-refractivity contribution is 0.484. The highest BCUT2D eigenvalue weighted by Crippen LogP contribution is 2.29. The Bertz CT molecular complexity index is 564. The van der Waals surface area contributed by atoms with Crippen molar-refractivity contribution in [3.8, 4) is 0 Å². The van der Waals surface area contributed by atoms with Crippen molar-refractivity contribution in [2.45, 2.75) is 19.4 Å². The summed E-state index contributed by atoms with van der Waals surface area (Å²) < 4.78 is 26.6. The first-order chi connectivity index (χ1) is 8.15. The first-order valence-electron chi connectivity index (χ1n) is 5.73. The van der Waals surface area contributed by atoms with Gasteiger partial charge in [-0.15, -0.1) is 0 Å². The third kappa shape index (κ3) is 1.70. The third-order valence-corrected chi connectivity index (χ3v) is 3.35. The van der Waals surface area contributed by atoms with E-state index in [9.17, 15) is 8.78 Å². The van der Waals surface area contributed by atoms with Gasteiger partial charge >= 0.3 is 0 Å². The average molecular weight is 237 g/mol. The number of fused-ring (bicyclic) bond motifs is 1. The normalized spacial score (nSPS) is 24.6. The van der Waals surface area contributed by atoms with E-state index in [1.54, 1.807) is 0 Å². The van der Waals surface area contributed by atoms with E-state index in [4.69, 9.17) is 0 Å². The Hall–Kier alpha value is -1.49. The number of benzene rings is 1. The van der Waals surface area contributed by atoms with Crippen LogP contribution < -0.4 is 5.32 Å². The molecule has 1 aliphatic heterocycles. The van der Waals surface area contributed by atoms with E-state index in [1.165, 1.54) is 6.07 Å². The van der Waals surface area contributed by atoms with Crippen LogP contribution in [0.2, 0.25) is 0 Å². The van der Waals surface area contributed by atoms with Crippen LogP contribution in [0.5, 0.6) is 0 Å². The highest BCUT2D eigenvalue weighted by Gasteiger charge is 2.27. The van der Waals surface area contributed by atoms with Gasteiger partial charge < -0.3 is 10.3 Å². The minimum Gasteiger partial charge on any atom is -0.340 e. The Morgan fingerprint density at radius 1 is 1.35 bits per heavy atom. The predicted molar refractivity (Wildman–Crippen MR) is 60.5 cm³/mol. The molecule has 2 unspecified atom stereocenters. The van der Waals surface area contributed by atoms with Gasteiger partial charge in [0.1, 0.15) is 17.2 Å². The fourth-order valence-corrected chi connectivity index (χ4v) is 2.41. The zero-order valence-corrected chi connectivity index (χ0v) is 9.43. The number of halogens is 2. The highest BCUT2D eigenvalue weighted by molar-refractivity contribution is 5.75. The van der Waals surface area contributed by atoms with Crippen LogP contribution in [0.25, 0.3) is 11.0 Å². The molecule has 17 heavy (non-hydrogen) atoms. The number of hydrogen-bond acceptors (Lipinski definition) is 2. The zero-order chi connectivity index (χ0) is 12.0. The summed E-state index contributed by atoms with van der Waals surface area (Å²) in [5, 5.41) is 3.31. The van der Waals surface area contributed by atoms with Crippen LogP contribution in [0, 0.1) is 17.6 Å². The second kappa shape index (κ2) is 3.77. The van der Waals surface area contributed by atoms with E-state index < -0.39 is 11.6 Å². The number of nitrogens with zero attached hydrogens (tertiary/aromatic N) is 1. The van der Waals surface area contributed by atoms with Gasteiger partial charge in [-0.1, -0.05) is 6.92 Å². The third-order valence-electron chi connectivity index (χ3n) is 3.35. The van der Waals surface area contributed by atoms with Gasteiger partial charge in [0.15, 0.2) is 5.82 Å². The lowest BCUT2D eigenvalue weighted by Crippen LogP contribution is -2.17. The van der Waals surface area contributed by atoms with E-state index >= 15 is 0 Å². The number of aromatic amines is 1. The Morgan fingerprint density at radius 2 is 2.18 bits per heavy atom. The Kier molecular flexibility index (Phi) is 2.36. The SMILES string of the molecule is CC1CCNC1c1nc2c(F)cc(F)cc2[nH]1. The van der Waals surface area contributed by atoms with Gasteiger partial charge in [-0.05, 0) is 24.9 Å². The first kappa shape index (κ1) is 10.7. The molecule has 0 aliphatic carbocycles. The molecule has 2 N–H and O–H groups in total. The number of hydrogen-bond donors (Lipinski definition) is 2. The quantitative estimate of drug-likeness (QED) is 0.800. The molecule has 0 spiro atoms. The molecule has 1 fully saturated rings. The van der Waals surface area contributed by atoms with Crippen molar-refractivity contribution in [2.75, 3.05) is 6.54 Å². The van der Waals surface area contributed by atoms with Gasteiger partial charge in [0.25, 0.3) is 0 Å². The molecule has 3 nitrogen and oxygen atoms in total. The molecule has 2 heterocycles. The topological polar surface area (TPSA) is 40.7 Å². The predicted octanol–water partition coefficient (Wildman–Crippen LogP) is 2.51. The van der Waals surface area contributed by atoms with Gasteiger partial charge in [-0.25, -0.2) is 13.8 Å². The van der Waals surface area contributed by atoms with Crippen LogP contribution >= 0.6 is 0 Å². The van der Waals surface area contributed by atoms with Crippen molar-refractivity contribution in [1.29, 1.82) is 0 Å². The molecule has 3 rings (SSSR count). The molecule has 2 aromatic rings. The maximum atomic E-state index is 13.5. The molecule has 90 valence electrons. The molecule has 1 aliphatic rings. The maximum absolute atomic E-state index is 13.5. The monoisotopic (exact) mass is 237 g/mol. The molecule has 1 aromatic carbocycles. The van der Waals surface area contributed by atoms with Gasteiger partial charge in [-0.2, -0.15) is 0 Å². The van der Waals surface area contributed by atoms with Crippen LogP contribution in [0.4, 0.5) is 8.78 Å². The summed E-state index contributed by atoms with van der Waals surface area (Å²) in [6, 6.07) is 2.23. The maximum Gasteiger partial charge on any atom is 0.153 e. The smallest absolute Gasteiger partial charge is 0.153 e. The van der Waals surface area contributed by atoms with E-state index in [0.29, 0.717) is 17.3 Å². The molecule has 1 saturated heterocycles. The summed E-state index contributed by atoms with van der Waals surface area (Å²) in [6.45, 7) is 3.05. The molecule has 0 saturated carbocycles. The second-order valence-electron chi connectivity index (χ2n) is 4.60. The second-order valence-corrected chi connectivity index (χ2v) is 4.60. The minimum atomic E-state index is -0.617. The summed E-state index contributed by atoms with van der Waals surface area (Å²) in [5.41, 5.74) is 0.626. The molecule has 0 bridgehead atoms. The lowest BCUT2D eigenvalue weighted by Gasteiger charge is -2.11. The molecular formula is C12H13F2N3. The van der Waals surface area contributed by atoms with Crippen molar-refractivity contribution < 1.29 is 8.78 Å². The summed E-state index contributed by atoms with van der Waals surface area (Å²) in [6.07, 6.45) is 1.07. The zero-order valence-electron chi connectivity index (χ0n) is 9.43.